The highest BCUT2D eigenvalue weighted by Crippen LogP contribution is 2.22. The van der Waals surface area contributed by atoms with Gasteiger partial charge in [-0.3, -0.25) is 0 Å². The number of hydrogen-bond acceptors (Lipinski definition) is 3. The van der Waals surface area contributed by atoms with E-state index in [4.69, 9.17) is 16.0 Å². The van der Waals surface area contributed by atoms with E-state index in [9.17, 15) is 4.79 Å². The summed E-state index contributed by atoms with van der Waals surface area (Å²) in [5, 5.41) is 0.956. The number of fused-ring (bicyclic) bond motifs is 1. The van der Waals surface area contributed by atoms with Crippen LogP contribution in [-0.4, -0.2) is 4.98 Å². The molecule has 1 aromatic heterocycles. The van der Waals surface area contributed by atoms with Gasteiger partial charge < -0.3 is 4.42 Å². The van der Waals surface area contributed by atoms with E-state index in [1.54, 1.807) is 18.2 Å². The Labute approximate surface area is 122 Å². The van der Waals surface area contributed by atoms with Crippen molar-refractivity contribution in [3.63, 3.8) is 0 Å². The van der Waals surface area contributed by atoms with E-state index in [2.05, 4.69) is 20.9 Å². The molecule has 0 aliphatic carbocycles. The molecule has 19 heavy (non-hydrogen) atoms. The van der Waals surface area contributed by atoms with Crippen LogP contribution in [-0.2, 0) is 0 Å². The van der Waals surface area contributed by atoms with Gasteiger partial charge in [-0.25, -0.2) is 9.78 Å². The fraction of sp³-hybridized carbons (Fsp3) is 0. The van der Waals surface area contributed by atoms with E-state index in [1.165, 1.54) is 0 Å². The van der Waals surface area contributed by atoms with Crippen molar-refractivity contribution < 1.29 is 4.42 Å². The molecule has 0 unspecified atom stereocenters. The van der Waals surface area contributed by atoms with Crippen molar-refractivity contribution in [2.45, 2.75) is 0 Å². The molecular formula is C14H7BrClNO2. The average molecular weight is 337 g/mol. The zero-order valence-electron chi connectivity index (χ0n) is 9.56. The molecular weight excluding hydrogens is 330 g/mol. The second-order valence-corrected chi connectivity index (χ2v) is 5.33. The number of hydrogen-bond donors (Lipinski definition) is 0. The van der Waals surface area contributed by atoms with Gasteiger partial charge in [-0.1, -0.05) is 27.5 Å². The number of nitrogens with zero attached hydrogens (tertiary/aromatic N) is 1. The lowest BCUT2D eigenvalue weighted by Gasteiger charge is -2.02. The zero-order valence-corrected chi connectivity index (χ0v) is 11.9. The summed E-state index contributed by atoms with van der Waals surface area (Å²) in [5.74, 6) is 0.285. The largest absolute Gasteiger partial charge is 0.403 e. The minimum atomic E-state index is -0.417. The van der Waals surface area contributed by atoms with Gasteiger partial charge in [-0.05, 0) is 42.5 Å². The minimum absolute atomic E-state index is 0.285. The highest BCUT2D eigenvalue weighted by atomic mass is 79.9. The van der Waals surface area contributed by atoms with Crippen molar-refractivity contribution in [1.82, 2.24) is 4.98 Å². The second kappa shape index (κ2) is 4.79. The zero-order chi connectivity index (χ0) is 13.4. The maximum atomic E-state index is 11.9. The van der Waals surface area contributed by atoms with Crippen LogP contribution in [0.15, 0.2) is 56.1 Å². The fourth-order valence-electron chi connectivity index (χ4n) is 1.76. The van der Waals surface area contributed by atoms with Gasteiger partial charge in [-0.15, -0.1) is 0 Å². The summed E-state index contributed by atoms with van der Waals surface area (Å²) in [7, 11) is 0. The quantitative estimate of drug-likeness (QED) is 0.666. The monoisotopic (exact) mass is 335 g/mol. The molecule has 3 nitrogen and oxygen atoms in total. The Kier molecular flexibility index (Phi) is 3.12. The van der Waals surface area contributed by atoms with Crippen molar-refractivity contribution in [1.29, 1.82) is 0 Å². The molecule has 0 bridgehead atoms. The molecule has 0 aliphatic heterocycles. The molecule has 1 heterocycles. The lowest BCUT2D eigenvalue weighted by Crippen LogP contribution is -2.02. The van der Waals surface area contributed by atoms with Crippen molar-refractivity contribution in [2.75, 3.05) is 0 Å². The predicted molar refractivity (Wildman–Crippen MR) is 78.4 cm³/mol. The number of halogens is 2. The Bertz CT molecular complexity index is 812. The smallest absolute Gasteiger partial charge is 0.347 e. The van der Waals surface area contributed by atoms with Gasteiger partial charge in [0.05, 0.1) is 10.9 Å². The predicted octanol–water partition coefficient (Wildman–Crippen LogP) is 4.27. The summed E-state index contributed by atoms with van der Waals surface area (Å²) in [6.07, 6.45) is 0. The third-order valence-corrected chi connectivity index (χ3v) is 3.45. The van der Waals surface area contributed by atoms with Crippen LogP contribution in [0, 0.1) is 0 Å². The van der Waals surface area contributed by atoms with E-state index in [-0.39, 0.29) is 5.89 Å². The first-order valence-corrected chi connectivity index (χ1v) is 6.67. The summed E-state index contributed by atoms with van der Waals surface area (Å²) >= 11 is 9.26. The van der Waals surface area contributed by atoms with Crippen molar-refractivity contribution in [2.24, 2.45) is 0 Å². The third kappa shape index (κ3) is 2.41. The SMILES string of the molecule is O=c1oc(-c2ccc(Br)cc2)nc2cc(Cl)ccc12. The Hall–Kier alpha value is -1.65. The molecule has 0 atom stereocenters. The topological polar surface area (TPSA) is 43.1 Å². The van der Waals surface area contributed by atoms with Crippen LogP contribution in [0.5, 0.6) is 0 Å². The van der Waals surface area contributed by atoms with Gasteiger partial charge in [-0.2, -0.15) is 0 Å². The van der Waals surface area contributed by atoms with Gasteiger partial charge in [0.1, 0.15) is 0 Å². The highest BCUT2D eigenvalue weighted by Gasteiger charge is 2.08. The summed E-state index contributed by atoms with van der Waals surface area (Å²) in [6, 6.07) is 12.3. The van der Waals surface area contributed by atoms with Crippen LogP contribution in [0.3, 0.4) is 0 Å². The molecule has 94 valence electrons. The first-order chi connectivity index (χ1) is 9.13. The molecule has 2 aromatic carbocycles. The fourth-order valence-corrected chi connectivity index (χ4v) is 2.19. The van der Waals surface area contributed by atoms with E-state index >= 15 is 0 Å². The highest BCUT2D eigenvalue weighted by molar-refractivity contribution is 9.10. The van der Waals surface area contributed by atoms with Crippen LogP contribution < -0.4 is 5.63 Å². The Balaban J connectivity index is 2.25. The van der Waals surface area contributed by atoms with Gasteiger partial charge in [0.25, 0.3) is 0 Å². The standard InChI is InChI=1S/C14H7BrClNO2/c15-9-3-1-8(2-4-9)13-17-12-7-10(16)5-6-11(12)14(18)19-13/h1-7H. The van der Waals surface area contributed by atoms with E-state index < -0.39 is 5.63 Å². The molecule has 0 saturated heterocycles. The molecule has 0 aliphatic rings. The summed E-state index contributed by atoms with van der Waals surface area (Å²) in [4.78, 5) is 16.2. The van der Waals surface area contributed by atoms with Crippen LogP contribution in [0.4, 0.5) is 0 Å². The summed E-state index contributed by atoms with van der Waals surface area (Å²) < 4.78 is 6.18. The lowest BCUT2D eigenvalue weighted by molar-refractivity contribution is 0.518. The maximum absolute atomic E-state index is 11.9. The molecule has 3 rings (SSSR count). The molecule has 0 spiro atoms. The van der Waals surface area contributed by atoms with Crippen molar-refractivity contribution in [3.8, 4) is 11.5 Å². The van der Waals surface area contributed by atoms with E-state index in [1.807, 2.05) is 24.3 Å². The molecule has 0 fully saturated rings. The molecule has 0 saturated carbocycles. The molecule has 0 radical (unpaired) electrons. The first kappa shape index (κ1) is 12.4. The maximum Gasteiger partial charge on any atom is 0.347 e. The van der Waals surface area contributed by atoms with Gasteiger partial charge >= 0.3 is 5.63 Å². The third-order valence-electron chi connectivity index (χ3n) is 2.68. The summed E-state index contributed by atoms with van der Waals surface area (Å²) in [5.41, 5.74) is 0.850. The molecule has 0 N–H and O–H groups in total. The number of benzene rings is 2. The van der Waals surface area contributed by atoms with Gasteiger partial charge in [0, 0.05) is 15.1 Å². The van der Waals surface area contributed by atoms with Crippen molar-refractivity contribution >= 4 is 38.4 Å². The van der Waals surface area contributed by atoms with Gasteiger partial charge in [0.2, 0.25) is 5.89 Å². The summed E-state index contributed by atoms with van der Waals surface area (Å²) in [6.45, 7) is 0. The van der Waals surface area contributed by atoms with E-state index in [0.29, 0.717) is 15.9 Å². The average Bonchev–Trinajstić information content (AvgIpc) is 2.38. The van der Waals surface area contributed by atoms with Crippen molar-refractivity contribution in [3.05, 3.63) is 62.4 Å². The molecule has 0 amide bonds. The normalized spacial score (nSPS) is 10.8. The minimum Gasteiger partial charge on any atom is -0.403 e. The number of rotatable bonds is 1. The lowest BCUT2D eigenvalue weighted by atomic mass is 10.2. The van der Waals surface area contributed by atoms with Crippen LogP contribution in [0.2, 0.25) is 5.02 Å². The molecule has 5 heteroatoms. The Morgan fingerprint density at radius 3 is 2.58 bits per heavy atom. The van der Waals surface area contributed by atoms with Crippen LogP contribution in [0.1, 0.15) is 0 Å². The van der Waals surface area contributed by atoms with Crippen LogP contribution in [0.25, 0.3) is 22.4 Å². The first-order valence-electron chi connectivity index (χ1n) is 5.50. The molecule has 3 aromatic rings. The van der Waals surface area contributed by atoms with Gasteiger partial charge in [0.15, 0.2) is 0 Å². The van der Waals surface area contributed by atoms with E-state index in [0.717, 1.165) is 10.0 Å². The second-order valence-electron chi connectivity index (χ2n) is 3.97. The Morgan fingerprint density at radius 1 is 1.11 bits per heavy atom. The Morgan fingerprint density at radius 2 is 1.84 bits per heavy atom. The van der Waals surface area contributed by atoms with Crippen LogP contribution >= 0.6 is 27.5 Å². The number of aromatic nitrogens is 1.